The first-order valence-electron chi connectivity index (χ1n) is 8.45. The molecule has 2 aliphatic heterocycles. The summed E-state index contributed by atoms with van der Waals surface area (Å²) in [7, 11) is 0. The summed E-state index contributed by atoms with van der Waals surface area (Å²) in [6, 6.07) is 14.6. The van der Waals surface area contributed by atoms with Gasteiger partial charge in [0.2, 0.25) is 5.91 Å². The minimum Gasteiger partial charge on any atom is -0.445 e. The third-order valence-corrected chi connectivity index (χ3v) is 5.01. The van der Waals surface area contributed by atoms with Gasteiger partial charge in [-0.1, -0.05) is 48.0 Å². The van der Waals surface area contributed by atoms with Crippen LogP contribution in [0, 0.1) is 0 Å². The van der Waals surface area contributed by atoms with Gasteiger partial charge in [-0.2, -0.15) is 0 Å². The van der Waals surface area contributed by atoms with Crippen LogP contribution in [0.25, 0.3) is 0 Å². The predicted molar refractivity (Wildman–Crippen MR) is 99.4 cm³/mol. The number of hydrogen-bond donors (Lipinski definition) is 1. The number of benzene rings is 2. The van der Waals surface area contributed by atoms with Crippen LogP contribution in [0.3, 0.4) is 0 Å². The highest BCUT2D eigenvalue weighted by atomic mass is 35.5. The van der Waals surface area contributed by atoms with Crippen molar-refractivity contribution in [2.75, 3.05) is 29.9 Å². The Kier molecular flexibility index (Phi) is 4.42. The fraction of sp³-hybridized carbons (Fsp3) is 0.263. The Balaban J connectivity index is 1.45. The van der Waals surface area contributed by atoms with Gasteiger partial charge in [-0.05, 0) is 17.7 Å². The van der Waals surface area contributed by atoms with Crippen LogP contribution in [0.15, 0.2) is 48.5 Å². The minimum atomic E-state index is -0.445. The molecule has 1 atom stereocenters. The zero-order valence-electron chi connectivity index (χ0n) is 14.0. The molecule has 1 fully saturated rings. The highest BCUT2D eigenvalue weighted by molar-refractivity contribution is 6.35. The van der Waals surface area contributed by atoms with Crippen LogP contribution in [-0.2, 0) is 16.1 Å². The molecule has 2 heterocycles. The Morgan fingerprint density at radius 3 is 2.77 bits per heavy atom. The van der Waals surface area contributed by atoms with Crippen LogP contribution >= 0.6 is 11.6 Å². The van der Waals surface area contributed by atoms with Crippen LogP contribution in [0.4, 0.5) is 16.2 Å². The molecule has 2 amide bonds. The maximum atomic E-state index is 12.5. The van der Waals surface area contributed by atoms with Gasteiger partial charge >= 0.3 is 6.09 Å². The maximum Gasteiger partial charge on any atom is 0.410 e. The van der Waals surface area contributed by atoms with E-state index in [9.17, 15) is 9.59 Å². The quantitative estimate of drug-likeness (QED) is 0.881. The van der Waals surface area contributed by atoms with Crippen LogP contribution in [0.2, 0.25) is 5.02 Å². The number of para-hydroxylation sites is 1. The predicted octanol–water partition coefficient (Wildman–Crippen LogP) is 3.12. The van der Waals surface area contributed by atoms with E-state index in [0.717, 1.165) is 11.3 Å². The van der Waals surface area contributed by atoms with Crippen molar-refractivity contribution in [2.45, 2.75) is 12.6 Å². The van der Waals surface area contributed by atoms with Crippen molar-refractivity contribution in [3.8, 4) is 0 Å². The number of fused-ring (bicyclic) bond motifs is 3. The van der Waals surface area contributed by atoms with E-state index in [-0.39, 0.29) is 19.1 Å². The van der Waals surface area contributed by atoms with E-state index in [1.807, 2.05) is 47.4 Å². The van der Waals surface area contributed by atoms with Crippen molar-refractivity contribution in [3.05, 3.63) is 59.1 Å². The van der Waals surface area contributed by atoms with Crippen molar-refractivity contribution in [2.24, 2.45) is 0 Å². The number of piperazine rings is 1. The molecule has 26 heavy (non-hydrogen) atoms. The van der Waals surface area contributed by atoms with Crippen molar-refractivity contribution >= 4 is 35.0 Å². The Labute approximate surface area is 156 Å². The third kappa shape index (κ3) is 3.08. The van der Waals surface area contributed by atoms with E-state index in [2.05, 4.69) is 5.32 Å². The monoisotopic (exact) mass is 371 g/mol. The van der Waals surface area contributed by atoms with Crippen LogP contribution in [0.5, 0.6) is 0 Å². The number of ether oxygens (including phenoxy) is 1. The summed E-state index contributed by atoms with van der Waals surface area (Å²) >= 11 is 6.19. The number of nitrogens with zero attached hydrogens (tertiary/aromatic N) is 2. The highest BCUT2D eigenvalue weighted by Crippen LogP contribution is 2.38. The molecule has 134 valence electrons. The molecule has 6 nitrogen and oxygen atoms in total. The molecular weight excluding hydrogens is 354 g/mol. The molecule has 0 saturated carbocycles. The van der Waals surface area contributed by atoms with Crippen molar-refractivity contribution in [3.63, 3.8) is 0 Å². The first-order chi connectivity index (χ1) is 12.6. The van der Waals surface area contributed by atoms with Gasteiger partial charge in [0.05, 0.1) is 22.9 Å². The van der Waals surface area contributed by atoms with Gasteiger partial charge in [-0.25, -0.2) is 4.79 Å². The van der Waals surface area contributed by atoms with E-state index in [0.29, 0.717) is 23.8 Å². The van der Waals surface area contributed by atoms with Gasteiger partial charge in [0.25, 0.3) is 0 Å². The molecule has 7 heteroatoms. The fourth-order valence-corrected chi connectivity index (χ4v) is 3.57. The van der Waals surface area contributed by atoms with Crippen molar-refractivity contribution in [1.29, 1.82) is 0 Å². The molecule has 0 radical (unpaired) electrons. The Bertz CT molecular complexity index is 843. The topological polar surface area (TPSA) is 61.9 Å². The number of rotatable bonds is 2. The summed E-state index contributed by atoms with van der Waals surface area (Å²) in [4.78, 5) is 28.5. The summed E-state index contributed by atoms with van der Waals surface area (Å²) in [5.74, 6) is -0.161. The van der Waals surface area contributed by atoms with E-state index in [1.165, 1.54) is 0 Å². The van der Waals surface area contributed by atoms with Gasteiger partial charge < -0.3 is 19.9 Å². The molecule has 2 aliphatic rings. The van der Waals surface area contributed by atoms with E-state index >= 15 is 0 Å². The number of carbonyl (C=O) groups is 2. The van der Waals surface area contributed by atoms with Gasteiger partial charge in [0, 0.05) is 13.1 Å². The fourth-order valence-electron chi connectivity index (χ4n) is 3.35. The molecule has 0 aliphatic carbocycles. The molecule has 0 aromatic heterocycles. The second-order valence-electron chi connectivity index (χ2n) is 6.32. The smallest absolute Gasteiger partial charge is 0.410 e. The molecule has 0 spiro atoms. The maximum absolute atomic E-state index is 12.5. The van der Waals surface area contributed by atoms with E-state index in [1.54, 1.807) is 11.0 Å². The number of carbonyl (C=O) groups excluding carboxylic acids is 2. The van der Waals surface area contributed by atoms with Crippen LogP contribution < -0.4 is 10.2 Å². The van der Waals surface area contributed by atoms with Crippen LogP contribution in [-0.4, -0.2) is 42.6 Å². The molecule has 1 unspecified atom stereocenters. The Hall–Kier alpha value is -2.73. The summed E-state index contributed by atoms with van der Waals surface area (Å²) in [6.07, 6.45) is -0.404. The number of hydrogen-bond acceptors (Lipinski definition) is 4. The molecule has 4 rings (SSSR count). The number of amides is 2. The summed E-state index contributed by atoms with van der Waals surface area (Å²) in [5, 5.41) is 3.37. The van der Waals surface area contributed by atoms with Crippen LogP contribution in [0.1, 0.15) is 5.56 Å². The minimum absolute atomic E-state index is 0.161. The van der Waals surface area contributed by atoms with Gasteiger partial charge in [0.15, 0.2) is 0 Å². The molecule has 1 N–H and O–H groups in total. The molecule has 2 aromatic carbocycles. The Morgan fingerprint density at radius 1 is 1.15 bits per heavy atom. The first kappa shape index (κ1) is 16.7. The highest BCUT2D eigenvalue weighted by Gasteiger charge is 2.39. The normalized spacial score (nSPS) is 18.7. The van der Waals surface area contributed by atoms with Gasteiger partial charge in [-0.3, -0.25) is 4.79 Å². The average Bonchev–Trinajstić information content (AvgIpc) is 2.68. The number of halogens is 1. The second-order valence-corrected chi connectivity index (χ2v) is 6.73. The molecule has 1 saturated heterocycles. The summed E-state index contributed by atoms with van der Waals surface area (Å²) < 4.78 is 5.39. The number of anilines is 2. The van der Waals surface area contributed by atoms with E-state index in [4.69, 9.17) is 16.3 Å². The lowest BCUT2D eigenvalue weighted by Gasteiger charge is -2.44. The van der Waals surface area contributed by atoms with Crippen molar-refractivity contribution in [1.82, 2.24) is 4.90 Å². The SMILES string of the molecule is O=C1Nc2c(Cl)cccc2N2CCN(C(=O)OCc3ccccc3)CC12. The third-order valence-electron chi connectivity index (χ3n) is 4.70. The first-order valence-corrected chi connectivity index (χ1v) is 8.83. The largest absolute Gasteiger partial charge is 0.445 e. The summed E-state index contributed by atoms with van der Waals surface area (Å²) in [5.41, 5.74) is 2.45. The lowest BCUT2D eigenvalue weighted by atomic mass is 10.1. The lowest BCUT2D eigenvalue weighted by molar-refractivity contribution is -0.118. The lowest BCUT2D eigenvalue weighted by Crippen LogP contribution is -2.61. The standard InChI is InChI=1S/C19H18ClN3O3/c20-14-7-4-8-15-17(14)21-18(24)16-11-22(9-10-23(15)16)19(25)26-12-13-5-2-1-3-6-13/h1-8,16H,9-12H2,(H,21,24). The summed E-state index contributed by atoms with van der Waals surface area (Å²) in [6.45, 7) is 1.54. The zero-order chi connectivity index (χ0) is 18.1. The second kappa shape index (κ2) is 6.88. The molecule has 2 aromatic rings. The average molecular weight is 372 g/mol. The van der Waals surface area contributed by atoms with Gasteiger partial charge in [-0.15, -0.1) is 0 Å². The number of nitrogens with one attached hydrogen (secondary N) is 1. The Morgan fingerprint density at radius 2 is 1.96 bits per heavy atom. The van der Waals surface area contributed by atoms with Gasteiger partial charge in [0.1, 0.15) is 12.6 Å². The molecular formula is C19H18ClN3O3. The zero-order valence-corrected chi connectivity index (χ0v) is 14.8. The van der Waals surface area contributed by atoms with E-state index < -0.39 is 12.1 Å². The van der Waals surface area contributed by atoms with Crippen molar-refractivity contribution < 1.29 is 14.3 Å². The molecule has 0 bridgehead atoms.